The molecule has 2 rings (SSSR count). The van der Waals surface area contributed by atoms with Gasteiger partial charge in [0.2, 0.25) is 0 Å². The number of fused-ring (bicyclic) bond motifs is 1. The summed E-state index contributed by atoms with van der Waals surface area (Å²) < 4.78 is 10.8. The first kappa shape index (κ1) is 12.1. The second-order valence-electron chi connectivity index (χ2n) is 3.98. The summed E-state index contributed by atoms with van der Waals surface area (Å²) in [4.78, 5) is 0. The molecule has 0 unspecified atom stereocenters. The molecule has 1 heterocycles. The van der Waals surface area contributed by atoms with Gasteiger partial charge in [-0.15, -0.1) is 0 Å². The van der Waals surface area contributed by atoms with Crippen molar-refractivity contribution in [1.29, 1.82) is 0 Å². The van der Waals surface area contributed by atoms with Gasteiger partial charge < -0.3 is 14.5 Å². The molecule has 0 spiro atoms. The van der Waals surface area contributed by atoms with Crippen LogP contribution in [0.2, 0.25) is 0 Å². The van der Waals surface area contributed by atoms with Gasteiger partial charge in [-0.2, -0.15) is 0 Å². The van der Waals surface area contributed by atoms with E-state index in [9.17, 15) is 0 Å². The smallest absolute Gasteiger partial charge is 0.134 e. The van der Waals surface area contributed by atoms with Crippen molar-refractivity contribution in [3.63, 3.8) is 0 Å². The highest BCUT2D eigenvalue weighted by Crippen LogP contribution is 2.20. The van der Waals surface area contributed by atoms with Crippen molar-refractivity contribution in [3.8, 4) is 0 Å². The summed E-state index contributed by atoms with van der Waals surface area (Å²) in [5, 5.41) is 4.60. The Morgan fingerprint density at radius 2 is 2.18 bits per heavy atom. The van der Waals surface area contributed by atoms with Gasteiger partial charge in [-0.1, -0.05) is 18.2 Å². The summed E-state index contributed by atoms with van der Waals surface area (Å²) in [6.07, 6.45) is 2.88. The second kappa shape index (κ2) is 6.42. The molecule has 0 fully saturated rings. The van der Waals surface area contributed by atoms with Gasteiger partial charge in [0.25, 0.3) is 0 Å². The van der Waals surface area contributed by atoms with Gasteiger partial charge in [0.15, 0.2) is 0 Å². The van der Waals surface area contributed by atoms with E-state index in [1.54, 1.807) is 0 Å². The van der Waals surface area contributed by atoms with E-state index in [-0.39, 0.29) is 0 Å². The number of hydrogen-bond acceptors (Lipinski definition) is 3. The summed E-state index contributed by atoms with van der Waals surface area (Å²) in [5.74, 6) is 0. The van der Waals surface area contributed by atoms with Crippen LogP contribution in [0.5, 0.6) is 0 Å². The van der Waals surface area contributed by atoms with Crippen LogP contribution in [0.1, 0.15) is 18.9 Å². The number of para-hydroxylation sites is 1. The van der Waals surface area contributed by atoms with Crippen molar-refractivity contribution in [2.24, 2.45) is 0 Å². The summed E-state index contributed by atoms with van der Waals surface area (Å²) in [5.41, 5.74) is 2.18. The van der Waals surface area contributed by atoms with Crippen molar-refractivity contribution in [2.75, 3.05) is 19.8 Å². The highest BCUT2D eigenvalue weighted by molar-refractivity contribution is 5.80. The van der Waals surface area contributed by atoms with E-state index in [0.717, 1.165) is 38.3 Å². The lowest BCUT2D eigenvalue weighted by molar-refractivity contribution is 0.144. The van der Waals surface area contributed by atoms with Gasteiger partial charge in [0, 0.05) is 30.7 Å². The molecule has 3 nitrogen and oxygen atoms in total. The van der Waals surface area contributed by atoms with Crippen molar-refractivity contribution in [2.45, 2.75) is 19.9 Å². The van der Waals surface area contributed by atoms with Gasteiger partial charge in [0.05, 0.1) is 6.26 Å². The normalized spacial score (nSPS) is 11.1. The van der Waals surface area contributed by atoms with Crippen LogP contribution in [0, 0.1) is 0 Å². The lowest BCUT2D eigenvalue weighted by atomic mass is 10.2. The van der Waals surface area contributed by atoms with Crippen LogP contribution < -0.4 is 5.32 Å². The van der Waals surface area contributed by atoms with Crippen LogP contribution in [-0.4, -0.2) is 19.8 Å². The van der Waals surface area contributed by atoms with E-state index < -0.39 is 0 Å². The number of ether oxygens (including phenoxy) is 1. The van der Waals surface area contributed by atoms with Gasteiger partial charge in [0.1, 0.15) is 5.58 Å². The molecule has 17 heavy (non-hydrogen) atoms. The molecular weight excluding hydrogens is 214 g/mol. The molecule has 0 aliphatic heterocycles. The molecule has 0 saturated carbocycles. The van der Waals surface area contributed by atoms with Crippen molar-refractivity contribution >= 4 is 11.0 Å². The zero-order valence-electron chi connectivity index (χ0n) is 10.2. The van der Waals surface area contributed by atoms with E-state index in [1.807, 2.05) is 31.4 Å². The molecule has 1 N–H and O–H groups in total. The predicted octanol–water partition coefficient (Wildman–Crippen LogP) is 2.95. The molecule has 2 aromatic rings. The van der Waals surface area contributed by atoms with Gasteiger partial charge in [-0.3, -0.25) is 0 Å². The van der Waals surface area contributed by atoms with Gasteiger partial charge >= 0.3 is 0 Å². The Morgan fingerprint density at radius 1 is 1.29 bits per heavy atom. The number of nitrogens with one attached hydrogen (secondary N) is 1. The minimum absolute atomic E-state index is 0.798. The monoisotopic (exact) mass is 233 g/mol. The molecule has 0 aliphatic carbocycles. The van der Waals surface area contributed by atoms with Crippen LogP contribution in [-0.2, 0) is 11.3 Å². The first-order valence-electron chi connectivity index (χ1n) is 6.15. The molecule has 0 saturated heterocycles. The third kappa shape index (κ3) is 3.32. The molecule has 92 valence electrons. The Bertz CT molecular complexity index is 450. The summed E-state index contributed by atoms with van der Waals surface area (Å²) in [7, 11) is 0. The van der Waals surface area contributed by atoms with Crippen LogP contribution in [0.15, 0.2) is 34.9 Å². The maximum Gasteiger partial charge on any atom is 0.134 e. The third-order valence-electron chi connectivity index (χ3n) is 2.72. The number of furan rings is 1. The molecule has 3 heteroatoms. The van der Waals surface area contributed by atoms with Crippen molar-refractivity contribution in [1.82, 2.24) is 5.32 Å². The zero-order chi connectivity index (χ0) is 11.9. The highest BCUT2D eigenvalue weighted by atomic mass is 16.5. The van der Waals surface area contributed by atoms with E-state index in [2.05, 4.69) is 11.4 Å². The molecule has 1 aromatic carbocycles. The first-order valence-corrected chi connectivity index (χ1v) is 6.15. The van der Waals surface area contributed by atoms with Crippen molar-refractivity contribution in [3.05, 3.63) is 36.1 Å². The molecule has 0 aliphatic rings. The Balaban J connectivity index is 1.79. The third-order valence-corrected chi connectivity index (χ3v) is 2.72. The van der Waals surface area contributed by atoms with Crippen LogP contribution in [0.4, 0.5) is 0 Å². The fourth-order valence-electron chi connectivity index (χ4n) is 1.84. The average molecular weight is 233 g/mol. The molecule has 0 radical (unpaired) electrons. The first-order chi connectivity index (χ1) is 8.42. The topological polar surface area (TPSA) is 34.4 Å². The van der Waals surface area contributed by atoms with E-state index in [1.165, 1.54) is 10.9 Å². The Morgan fingerprint density at radius 3 is 3.06 bits per heavy atom. The highest BCUT2D eigenvalue weighted by Gasteiger charge is 2.03. The number of rotatable bonds is 7. The molecule has 0 atom stereocenters. The van der Waals surface area contributed by atoms with Crippen LogP contribution >= 0.6 is 0 Å². The van der Waals surface area contributed by atoms with Crippen LogP contribution in [0.3, 0.4) is 0 Å². The quantitative estimate of drug-likeness (QED) is 0.747. The fourth-order valence-corrected chi connectivity index (χ4v) is 1.84. The largest absolute Gasteiger partial charge is 0.464 e. The SMILES string of the molecule is CCOCCCNCc1coc2ccccc12. The maximum atomic E-state index is 5.48. The number of hydrogen-bond donors (Lipinski definition) is 1. The minimum Gasteiger partial charge on any atom is -0.464 e. The van der Waals surface area contributed by atoms with E-state index in [4.69, 9.17) is 9.15 Å². The van der Waals surface area contributed by atoms with Crippen LogP contribution in [0.25, 0.3) is 11.0 Å². The minimum atomic E-state index is 0.798. The lowest BCUT2D eigenvalue weighted by Gasteiger charge is -2.03. The Hall–Kier alpha value is -1.32. The molecular formula is C14H19NO2. The van der Waals surface area contributed by atoms with E-state index in [0.29, 0.717) is 0 Å². The summed E-state index contributed by atoms with van der Waals surface area (Å²) in [6, 6.07) is 8.12. The van der Waals surface area contributed by atoms with Gasteiger partial charge in [-0.25, -0.2) is 0 Å². The molecule has 0 bridgehead atoms. The van der Waals surface area contributed by atoms with Crippen molar-refractivity contribution < 1.29 is 9.15 Å². The predicted molar refractivity (Wildman–Crippen MR) is 69.0 cm³/mol. The maximum absolute atomic E-state index is 5.48. The molecule has 1 aromatic heterocycles. The average Bonchev–Trinajstić information content (AvgIpc) is 2.77. The summed E-state index contributed by atoms with van der Waals surface area (Å²) in [6.45, 7) is 5.47. The number of benzene rings is 1. The van der Waals surface area contributed by atoms with E-state index >= 15 is 0 Å². The molecule has 0 amide bonds. The van der Waals surface area contributed by atoms with Gasteiger partial charge in [-0.05, 0) is 26.0 Å². The Labute approximate surface area is 102 Å². The second-order valence-corrected chi connectivity index (χ2v) is 3.98. The zero-order valence-corrected chi connectivity index (χ0v) is 10.2. The standard InChI is InChI=1S/C14H19NO2/c1-2-16-9-5-8-15-10-12-11-17-14-7-4-3-6-13(12)14/h3-4,6-7,11,15H,2,5,8-10H2,1H3. The summed E-state index contributed by atoms with van der Waals surface area (Å²) >= 11 is 0. The lowest BCUT2D eigenvalue weighted by Crippen LogP contribution is -2.16. The fraction of sp³-hybridized carbons (Fsp3) is 0.429. The Kier molecular flexibility index (Phi) is 4.59.